The molecule has 128 valence electrons. The van der Waals surface area contributed by atoms with Crippen molar-refractivity contribution in [1.29, 1.82) is 0 Å². The summed E-state index contributed by atoms with van der Waals surface area (Å²) in [6, 6.07) is 5.06. The Labute approximate surface area is 141 Å². The highest BCUT2D eigenvalue weighted by Gasteiger charge is 2.30. The zero-order chi connectivity index (χ0) is 17.2. The van der Waals surface area contributed by atoms with Gasteiger partial charge in [0, 0.05) is 18.1 Å². The first-order chi connectivity index (χ1) is 10.7. The van der Waals surface area contributed by atoms with Gasteiger partial charge in [0.15, 0.2) is 0 Å². The number of morpholine rings is 1. The molecule has 1 amide bonds. The summed E-state index contributed by atoms with van der Waals surface area (Å²) in [4.78, 5) is 14.1. The number of nitrogens with zero attached hydrogens (tertiary/aromatic N) is 1. The summed E-state index contributed by atoms with van der Waals surface area (Å²) in [5, 5.41) is 0.322. The smallest absolute Gasteiger partial charge is 0.241 e. The van der Waals surface area contributed by atoms with Gasteiger partial charge >= 0.3 is 0 Å². The van der Waals surface area contributed by atoms with Crippen molar-refractivity contribution >= 4 is 27.5 Å². The number of carbonyl (C=O) groups is 1. The van der Waals surface area contributed by atoms with Crippen LogP contribution in [0.25, 0.3) is 0 Å². The Hall–Kier alpha value is -1.15. The Kier molecular flexibility index (Phi) is 5.67. The van der Waals surface area contributed by atoms with Gasteiger partial charge in [-0.2, -0.15) is 4.72 Å². The lowest BCUT2D eigenvalue weighted by molar-refractivity contribution is -0.144. The largest absolute Gasteiger partial charge is 0.372 e. The van der Waals surface area contributed by atoms with Gasteiger partial charge in [0.05, 0.1) is 23.1 Å². The van der Waals surface area contributed by atoms with Gasteiger partial charge in [-0.3, -0.25) is 4.79 Å². The van der Waals surface area contributed by atoms with Gasteiger partial charge in [0.2, 0.25) is 15.9 Å². The molecule has 2 rings (SSSR count). The van der Waals surface area contributed by atoms with E-state index in [1.807, 2.05) is 13.8 Å². The van der Waals surface area contributed by atoms with Crippen LogP contribution in [0, 0.1) is 0 Å². The van der Waals surface area contributed by atoms with Crippen LogP contribution in [-0.2, 0) is 19.6 Å². The molecular formula is C15H21ClN2O4S. The first-order valence-corrected chi connectivity index (χ1v) is 9.27. The van der Waals surface area contributed by atoms with Crippen LogP contribution in [0.15, 0.2) is 29.2 Å². The molecule has 0 saturated carbocycles. The maximum atomic E-state index is 12.5. The first kappa shape index (κ1) is 18.2. The number of hydrogen-bond acceptors (Lipinski definition) is 4. The Bertz CT molecular complexity index is 670. The minimum Gasteiger partial charge on any atom is -0.372 e. The summed E-state index contributed by atoms with van der Waals surface area (Å²) in [6.45, 7) is 6.21. The summed E-state index contributed by atoms with van der Waals surface area (Å²) < 4.78 is 32.7. The lowest BCUT2D eigenvalue weighted by Crippen LogP contribution is -2.54. The fourth-order valence-corrected chi connectivity index (χ4v) is 4.11. The zero-order valence-corrected chi connectivity index (χ0v) is 14.9. The van der Waals surface area contributed by atoms with Crippen molar-refractivity contribution in [1.82, 2.24) is 9.62 Å². The molecule has 0 spiro atoms. The van der Waals surface area contributed by atoms with Gasteiger partial charge in [-0.05, 0) is 39.0 Å². The van der Waals surface area contributed by atoms with E-state index in [2.05, 4.69) is 4.72 Å². The van der Waals surface area contributed by atoms with Crippen LogP contribution in [0.1, 0.15) is 20.8 Å². The van der Waals surface area contributed by atoms with Crippen molar-refractivity contribution < 1.29 is 17.9 Å². The number of benzene rings is 1. The molecule has 1 heterocycles. The van der Waals surface area contributed by atoms with E-state index in [1.54, 1.807) is 17.0 Å². The summed E-state index contributed by atoms with van der Waals surface area (Å²) >= 11 is 5.82. The molecule has 6 nitrogen and oxygen atoms in total. The Morgan fingerprint density at radius 1 is 1.35 bits per heavy atom. The maximum absolute atomic E-state index is 12.5. The van der Waals surface area contributed by atoms with E-state index in [-0.39, 0.29) is 23.0 Å². The third kappa shape index (κ3) is 4.67. The zero-order valence-electron chi connectivity index (χ0n) is 13.3. The highest BCUT2D eigenvalue weighted by atomic mass is 35.5. The number of nitrogens with one attached hydrogen (secondary N) is 1. The van der Waals surface area contributed by atoms with E-state index in [0.29, 0.717) is 18.1 Å². The monoisotopic (exact) mass is 360 g/mol. The summed E-state index contributed by atoms with van der Waals surface area (Å²) in [6.07, 6.45) is -0.140. The van der Waals surface area contributed by atoms with Crippen molar-refractivity contribution in [2.45, 2.75) is 43.9 Å². The van der Waals surface area contributed by atoms with Crippen LogP contribution in [0.4, 0.5) is 0 Å². The average Bonchev–Trinajstić information content (AvgIpc) is 2.45. The number of hydrogen-bond donors (Lipinski definition) is 1. The lowest BCUT2D eigenvalue weighted by atomic mass is 10.2. The van der Waals surface area contributed by atoms with Crippen LogP contribution in [0.3, 0.4) is 0 Å². The van der Waals surface area contributed by atoms with E-state index < -0.39 is 16.1 Å². The van der Waals surface area contributed by atoms with E-state index in [0.717, 1.165) is 0 Å². The summed E-state index contributed by atoms with van der Waals surface area (Å²) in [5.41, 5.74) is 0. The normalized spacial score (nSPS) is 23.6. The second-order valence-corrected chi connectivity index (χ2v) is 7.95. The molecule has 0 bridgehead atoms. The molecular weight excluding hydrogens is 340 g/mol. The second kappa shape index (κ2) is 7.17. The summed E-state index contributed by atoms with van der Waals surface area (Å²) in [5.74, 6) is -0.266. The minimum atomic E-state index is -3.81. The Morgan fingerprint density at radius 3 is 2.52 bits per heavy atom. The van der Waals surface area contributed by atoms with Crippen LogP contribution in [-0.4, -0.2) is 50.6 Å². The summed E-state index contributed by atoms with van der Waals surface area (Å²) in [7, 11) is -3.81. The molecule has 8 heteroatoms. The number of rotatable bonds is 4. The van der Waals surface area contributed by atoms with Gasteiger partial charge < -0.3 is 9.64 Å². The quantitative estimate of drug-likeness (QED) is 0.885. The predicted molar refractivity (Wildman–Crippen MR) is 87.8 cm³/mol. The Morgan fingerprint density at radius 2 is 1.96 bits per heavy atom. The molecule has 0 radical (unpaired) electrons. The average molecular weight is 361 g/mol. The molecule has 1 aromatic carbocycles. The van der Waals surface area contributed by atoms with Crippen LogP contribution in [0.2, 0.25) is 5.02 Å². The fraction of sp³-hybridized carbons (Fsp3) is 0.533. The molecule has 1 N–H and O–H groups in total. The first-order valence-electron chi connectivity index (χ1n) is 7.41. The minimum absolute atomic E-state index is 0.0355. The molecule has 0 aromatic heterocycles. The molecule has 3 atom stereocenters. The third-order valence-electron chi connectivity index (χ3n) is 3.54. The van der Waals surface area contributed by atoms with Gasteiger partial charge in [-0.25, -0.2) is 8.42 Å². The molecule has 1 saturated heterocycles. The highest BCUT2D eigenvalue weighted by Crippen LogP contribution is 2.17. The van der Waals surface area contributed by atoms with E-state index in [4.69, 9.17) is 16.3 Å². The number of sulfonamides is 1. The van der Waals surface area contributed by atoms with E-state index in [9.17, 15) is 13.2 Å². The van der Waals surface area contributed by atoms with Crippen molar-refractivity contribution in [3.8, 4) is 0 Å². The van der Waals surface area contributed by atoms with Crippen molar-refractivity contribution in [2.24, 2.45) is 0 Å². The van der Waals surface area contributed by atoms with E-state index in [1.165, 1.54) is 19.1 Å². The highest BCUT2D eigenvalue weighted by molar-refractivity contribution is 7.89. The topological polar surface area (TPSA) is 75.7 Å². The SMILES string of the molecule is C[C@@H]1CN(C(=O)[C@H](C)NS(=O)(=O)c2cccc(Cl)c2)C[C@@H](C)O1. The molecule has 1 aromatic rings. The lowest BCUT2D eigenvalue weighted by Gasteiger charge is -2.36. The second-order valence-electron chi connectivity index (χ2n) is 5.80. The maximum Gasteiger partial charge on any atom is 0.241 e. The number of ether oxygens (including phenoxy) is 1. The van der Waals surface area contributed by atoms with Crippen LogP contribution >= 0.6 is 11.6 Å². The van der Waals surface area contributed by atoms with Crippen molar-refractivity contribution in [3.63, 3.8) is 0 Å². The fourth-order valence-electron chi connectivity index (χ4n) is 2.62. The standard InChI is InChI=1S/C15H21ClN2O4S/c1-10-8-18(9-11(2)22-10)15(19)12(3)17-23(20,21)14-6-4-5-13(16)7-14/h4-7,10-12,17H,8-9H2,1-3H3/t10-,11-,12+/m1/s1. The van der Waals surface area contributed by atoms with Gasteiger partial charge in [-0.15, -0.1) is 0 Å². The van der Waals surface area contributed by atoms with Gasteiger partial charge in [0.1, 0.15) is 0 Å². The number of halogens is 1. The molecule has 0 unspecified atom stereocenters. The van der Waals surface area contributed by atoms with Crippen LogP contribution < -0.4 is 4.72 Å². The predicted octanol–water partition coefficient (Wildman–Crippen LogP) is 1.64. The number of carbonyl (C=O) groups excluding carboxylic acids is 1. The van der Waals surface area contributed by atoms with Crippen molar-refractivity contribution in [2.75, 3.05) is 13.1 Å². The molecule has 0 aliphatic carbocycles. The van der Waals surface area contributed by atoms with Gasteiger partial charge in [0.25, 0.3) is 0 Å². The molecule has 23 heavy (non-hydrogen) atoms. The van der Waals surface area contributed by atoms with Crippen LogP contribution in [0.5, 0.6) is 0 Å². The molecule has 1 fully saturated rings. The van der Waals surface area contributed by atoms with Gasteiger partial charge in [-0.1, -0.05) is 17.7 Å². The third-order valence-corrected chi connectivity index (χ3v) is 5.31. The Balaban J connectivity index is 2.08. The van der Waals surface area contributed by atoms with Crippen molar-refractivity contribution in [3.05, 3.63) is 29.3 Å². The molecule has 1 aliphatic heterocycles. The number of amides is 1. The van der Waals surface area contributed by atoms with E-state index >= 15 is 0 Å². The molecule has 1 aliphatic rings.